The van der Waals surface area contributed by atoms with Gasteiger partial charge >= 0.3 is 0 Å². The van der Waals surface area contributed by atoms with E-state index in [2.05, 4.69) is 31.0 Å². The molecular weight excluding hydrogens is 438 g/mol. The number of aryl methyl sites for hydroxylation is 2. The molecule has 5 rings (SSSR count). The molecule has 0 aliphatic heterocycles. The van der Waals surface area contributed by atoms with Gasteiger partial charge in [0.15, 0.2) is 5.13 Å². The molecule has 0 radical (unpaired) electrons. The average molecular weight is 464 g/mol. The fraction of sp³-hybridized carbons (Fsp3) is 0.138. The third-order valence-corrected chi connectivity index (χ3v) is 7.20. The zero-order chi connectivity index (χ0) is 23.5. The Kier molecular flexibility index (Phi) is 6.19. The molecule has 34 heavy (non-hydrogen) atoms. The molecule has 0 unspecified atom stereocenters. The van der Waals surface area contributed by atoms with Crippen molar-refractivity contribution in [2.75, 3.05) is 4.90 Å². The summed E-state index contributed by atoms with van der Waals surface area (Å²) in [7, 11) is 0. The number of hydrogen-bond acceptors (Lipinski definition) is 4. The van der Waals surface area contributed by atoms with Crippen molar-refractivity contribution < 1.29 is 4.79 Å². The van der Waals surface area contributed by atoms with Gasteiger partial charge in [0.1, 0.15) is 0 Å². The smallest absolute Gasteiger partial charge is 0.241 e. The Hall–Kier alpha value is -3.83. The lowest BCUT2D eigenvalue weighted by molar-refractivity contribution is -0.119. The summed E-state index contributed by atoms with van der Waals surface area (Å²) in [4.78, 5) is 25.6. The predicted octanol–water partition coefficient (Wildman–Crippen LogP) is 6.67. The van der Waals surface area contributed by atoms with E-state index >= 15 is 0 Å². The topological polar surface area (TPSA) is 46.1 Å². The van der Waals surface area contributed by atoms with Crippen LogP contribution in [0.2, 0.25) is 0 Å². The van der Waals surface area contributed by atoms with Crippen LogP contribution in [0.3, 0.4) is 0 Å². The second-order valence-electron chi connectivity index (χ2n) is 8.37. The van der Waals surface area contributed by atoms with Crippen molar-refractivity contribution in [2.24, 2.45) is 0 Å². The van der Waals surface area contributed by atoms with E-state index in [0.717, 1.165) is 38.2 Å². The number of nitrogens with zero attached hydrogens (tertiary/aromatic N) is 3. The van der Waals surface area contributed by atoms with Gasteiger partial charge in [0.05, 0.1) is 28.4 Å². The van der Waals surface area contributed by atoms with E-state index in [1.165, 1.54) is 0 Å². The quantitative estimate of drug-likeness (QED) is 0.282. The maximum atomic E-state index is 14.4. The standard InChI is InChI=1S/C29H25N3OS/c1-20-16-17-21(2)27-26(20)31-29(34-27)32(19-24-15-9-10-18-30-24)28(33)25(22-11-5-3-6-12-22)23-13-7-4-8-14-23/h3-18,25H,19H2,1-2H3. The van der Waals surface area contributed by atoms with E-state index in [0.29, 0.717) is 11.7 Å². The van der Waals surface area contributed by atoms with E-state index in [1.807, 2.05) is 78.9 Å². The molecule has 168 valence electrons. The normalized spacial score (nSPS) is 11.1. The summed E-state index contributed by atoms with van der Waals surface area (Å²) in [6.07, 6.45) is 1.76. The summed E-state index contributed by atoms with van der Waals surface area (Å²) >= 11 is 1.57. The van der Waals surface area contributed by atoms with Crippen LogP contribution in [0.15, 0.2) is 97.2 Å². The molecule has 0 N–H and O–H groups in total. The van der Waals surface area contributed by atoms with Gasteiger partial charge in [0.2, 0.25) is 5.91 Å². The highest BCUT2D eigenvalue weighted by molar-refractivity contribution is 7.22. The van der Waals surface area contributed by atoms with Gasteiger partial charge in [-0.15, -0.1) is 0 Å². The Bertz CT molecular complexity index is 1340. The summed E-state index contributed by atoms with van der Waals surface area (Å²) in [6.45, 7) is 4.51. The van der Waals surface area contributed by atoms with E-state index in [9.17, 15) is 4.79 Å². The van der Waals surface area contributed by atoms with E-state index in [4.69, 9.17) is 4.98 Å². The molecule has 2 heterocycles. The van der Waals surface area contributed by atoms with Crippen LogP contribution in [-0.2, 0) is 11.3 Å². The maximum absolute atomic E-state index is 14.4. The number of thiazole rings is 1. The molecular formula is C29H25N3OS. The average Bonchev–Trinajstić information content (AvgIpc) is 3.34. The van der Waals surface area contributed by atoms with Crippen molar-refractivity contribution in [2.45, 2.75) is 26.3 Å². The van der Waals surface area contributed by atoms with E-state index < -0.39 is 5.92 Å². The molecule has 1 amide bonds. The summed E-state index contributed by atoms with van der Waals surface area (Å²) in [5, 5.41) is 0.694. The zero-order valence-corrected chi connectivity index (χ0v) is 20.0. The van der Waals surface area contributed by atoms with Crippen molar-refractivity contribution in [3.05, 3.63) is 125 Å². The fourth-order valence-electron chi connectivity index (χ4n) is 4.18. The van der Waals surface area contributed by atoms with Crippen LogP contribution >= 0.6 is 11.3 Å². The van der Waals surface area contributed by atoms with Crippen LogP contribution in [0.4, 0.5) is 5.13 Å². The first-order valence-corrected chi connectivity index (χ1v) is 12.1. The third kappa shape index (κ3) is 4.35. The first-order valence-electron chi connectivity index (χ1n) is 11.3. The molecule has 5 heteroatoms. The number of pyridine rings is 1. The minimum Gasteiger partial charge on any atom is -0.281 e. The number of carbonyl (C=O) groups is 1. The van der Waals surface area contributed by atoms with Gasteiger partial charge in [-0.25, -0.2) is 4.98 Å². The van der Waals surface area contributed by atoms with Gasteiger partial charge < -0.3 is 0 Å². The molecule has 0 bridgehead atoms. The first kappa shape index (κ1) is 22.0. The van der Waals surface area contributed by atoms with Crippen LogP contribution in [0, 0.1) is 13.8 Å². The molecule has 0 atom stereocenters. The number of anilines is 1. The molecule has 2 aromatic heterocycles. The van der Waals surface area contributed by atoms with Crippen molar-refractivity contribution in [1.29, 1.82) is 0 Å². The molecule has 0 spiro atoms. The number of aromatic nitrogens is 2. The Labute approximate surface area is 203 Å². The highest BCUT2D eigenvalue weighted by Crippen LogP contribution is 2.36. The molecule has 3 aromatic carbocycles. The first-order chi connectivity index (χ1) is 16.6. The molecule has 0 saturated heterocycles. The molecule has 0 aliphatic carbocycles. The largest absolute Gasteiger partial charge is 0.281 e. The number of hydrogen-bond donors (Lipinski definition) is 0. The van der Waals surface area contributed by atoms with E-state index in [-0.39, 0.29) is 5.91 Å². The Morgan fingerprint density at radius 2 is 1.44 bits per heavy atom. The van der Waals surface area contributed by atoms with Gasteiger partial charge in [-0.05, 0) is 48.2 Å². The molecule has 4 nitrogen and oxygen atoms in total. The van der Waals surface area contributed by atoms with Crippen molar-refractivity contribution in [1.82, 2.24) is 9.97 Å². The van der Waals surface area contributed by atoms with Gasteiger partial charge in [-0.1, -0.05) is 90.2 Å². The highest BCUT2D eigenvalue weighted by Gasteiger charge is 2.31. The number of benzene rings is 3. The molecule has 5 aromatic rings. The third-order valence-electron chi connectivity index (χ3n) is 5.99. The highest BCUT2D eigenvalue weighted by atomic mass is 32.1. The number of carbonyl (C=O) groups excluding carboxylic acids is 1. The summed E-state index contributed by atoms with van der Waals surface area (Å²) in [6, 6.07) is 29.9. The Morgan fingerprint density at radius 3 is 2.03 bits per heavy atom. The summed E-state index contributed by atoms with van der Waals surface area (Å²) in [5.41, 5.74) is 5.96. The Balaban J connectivity index is 1.65. The van der Waals surface area contributed by atoms with Crippen LogP contribution in [-0.4, -0.2) is 15.9 Å². The second-order valence-corrected chi connectivity index (χ2v) is 9.35. The minimum absolute atomic E-state index is 0.0163. The van der Waals surface area contributed by atoms with Crippen molar-refractivity contribution in [3.8, 4) is 0 Å². The van der Waals surface area contributed by atoms with E-state index in [1.54, 1.807) is 22.4 Å². The lowest BCUT2D eigenvalue weighted by Gasteiger charge is -2.26. The minimum atomic E-state index is -0.444. The zero-order valence-electron chi connectivity index (χ0n) is 19.2. The maximum Gasteiger partial charge on any atom is 0.241 e. The number of amides is 1. The van der Waals surface area contributed by atoms with Crippen LogP contribution < -0.4 is 4.90 Å². The summed E-state index contributed by atoms with van der Waals surface area (Å²) < 4.78 is 1.12. The van der Waals surface area contributed by atoms with Gasteiger partial charge in [-0.3, -0.25) is 14.7 Å². The fourth-order valence-corrected chi connectivity index (χ4v) is 5.30. The second kappa shape index (κ2) is 9.57. The van der Waals surface area contributed by atoms with Gasteiger partial charge in [-0.2, -0.15) is 0 Å². The van der Waals surface area contributed by atoms with Crippen LogP contribution in [0.5, 0.6) is 0 Å². The molecule has 0 saturated carbocycles. The monoisotopic (exact) mass is 463 g/mol. The number of rotatable bonds is 6. The van der Waals surface area contributed by atoms with Gasteiger partial charge in [0, 0.05) is 6.20 Å². The molecule has 0 aliphatic rings. The van der Waals surface area contributed by atoms with Crippen LogP contribution in [0.1, 0.15) is 33.9 Å². The lowest BCUT2D eigenvalue weighted by Crippen LogP contribution is -2.35. The van der Waals surface area contributed by atoms with Gasteiger partial charge in [0.25, 0.3) is 0 Å². The SMILES string of the molecule is Cc1ccc(C)c2sc(N(Cc3ccccn3)C(=O)C(c3ccccc3)c3ccccc3)nc12. The predicted molar refractivity (Wildman–Crippen MR) is 139 cm³/mol. The van der Waals surface area contributed by atoms with Crippen molar-refractivity contribution in [3.63, 3.8) is 0 Å². The summed E-state index contributed by atoms with van der Waals surface area (Å²) in [5.74, 6) is -0.460. The van der Waals surface area contributed by atoms with Crippen molar-refractivity contribution >= 4 is 32.6 Å². The number of fused-ring (bicyclic) bond motifs is 1. The lowest BCUT2D eigenvalue weighted by atomic mass is 9.90. The molecule has 0 fully saturated rings. The van der Waals surface area contributed by atoms with Crippen LogP contribution in [0.25, 0.3) is 10.2 Å². The Morgan fingerprint density at radius 1 is 0.824 bits per heavy atom.